The first kappa shape index (κ1) is 23.2. The van der Waals surface area contributed by atoms with Crippen LogP contribution in [0.25, 0.3) is 0 Å². The highest BCUT2D eigenvalue weighted by atomic mass is 127. The van der Waals surface area contributed by atoms with Crippen molar-refractivity contribution in [2.75, 3.05) is 13.7 Å². The van der Waals surface area contributed by atoms with Gasteiger partial charge in [-0.2, -0.15) is 0 Å². The quantitative estimate of drug-likeness (QED) is 0.246. The number of hydrogen-bond acceptors (Lipinski definition) is 5. The molecule has 0 amide bonds. The number of nitrogens with one attached hydrogen (secondary N) is 2. The van der Waals surface area contributed by atoms with Gasteiger partial charge in [-0.1, -0.05) is 19.1 Å². The number of furan rings is 1. The largest absolute Gasteiger partial charge is 0.497 e. The Labute approximate surface area is 192 Å². The third kappa shape index (κ3) is 7.69. The van der Waals surface area contributed by atoms with Crippen LogP contribution < -0.4 is 15.4 Å². The van der Waals surface area contributed by atoms with Crippen molar-refractivity contribution in [2.45, 2.75) is 32.9 Å². The van der Waals surface area contributed by atoms with E-state index < -0.39 is 0 Å². The molecule has 0 aliphatic heterocycles. The summed E-state index contributed by atoms with van der Waals surface area (Å²) in [5.74, 6) is 2.56. The maximum Gasteiger partial charge on any atom is 0.191 e. The molecule has 6 nitrogen and oxygen atoms in total. The predicted molar refractivity (Wildman–Crippen MR) is 128 cm³/mol. The molecule has 0 fully saturated rings. The average Bonchev–Trinajstić information content (AvgIpc) is 3.42. The Hall–Kier alpha value is -2.07. The molecule has 2 N–H and O–H groups in total. The van der Waals surface area contributed by atoms with Gasteiger partial charge in [0.1, 0.15) is 16.5 Å². The summed E-state index contributed by atoms with van der Waals surface area (Å²) < 4.78 is 10.6. The van der Waals surface area contributed by atoms with Gasteiger partial charge in [0, 0.05) is 24.0 Å². The first-order valence-corrected chi connectivity index (χ1v) is 10.2. The zero-order valence-corrected chi connectivity index (χ0v) is 19.8. The Morgan fingerprint density at radius 3 is 2.69 bits per heavy atom. The summed E-state index contributed by atoms with van der Waals surface area (Å²) in [7, 11) is 1.67. The SMILES string of the molecule is CCc1cnc(CNC(=NCc2ccc(OC)cc2)NCCc2ccco2)s1.I. The molecule has 0 aliphatic rings. The molecule has 0 aliphatic carbocycles. The van der Waals surface area contributed by atoms with E-state index in [1.54, 1.807) is 24.7 Å². The number of benzene rings is 1. The van der Waals surface area contributed by atoms with Gasteiger partial charge in [-0.25, -0.2) is 9.98 Å². The minimum absolute atomic E-state index is 0. The minimum Gasteiger partial charge on any atom is -0.497 e. The first-order chi connectivity index (χ1) is 13.8. The fraction of sp³-hybridized carbons (Fsp3) is 0.333. The van der Waals surface area contributed by atoms with Crippen LogP contribution in [-0.2, 0) is 25.9 Å². The molecule has 1 aromatic carbocycles. The van der Waals surface area contributed by atoms with E-state index in [9.17, 15) is 0 Å². The van der Waals surface area contributed by atoms with Crippen LogP contribution in [0.5, 0.6) is 5.75 Å². The normalized spacial score (nSPS) is 11.0. The standard InChI is InChI=1S/C21H26N4O2S.HI/c1-3-19-14-23-20(28-19)15-25-21(22-11-10-18-5-4-12-27-18)24-13-16-6-8-17(26-2)9-7-16;/h4-9,12,14H,3,10-11,13,15H2,1-2H3,(H2,22,24,25);1H. The van der Waals surface area contributed by atoms with Crippen molar-refractivity contribution in [1.29, 1.82) is 0 Å². The van der Waals surface area contributed by atoms with Crippen molar-refractivity contribution >= 4 is 41.3 Å². The number of ether oxygens (including phenoxy) is 1. The van der Waals surface area contributed by atoms with Gasteiger partial charge in [0.15, 0.2) is 5.96 Å². The summed E-state index contributed by atoms with van der Waals surface area (Å²) in [5.41, 5.74) is 1.12. The van der Waals surface area contributed by atoms with Crippen LogP contribution in [0.4, 0.5) is 0 Å². The molecule has 2 heterocycles. The van der Waals surface area contributed by atoms with Crippen molar-refractivity contribution in [1.82, 2.24) is 15.6 Å². The minimum atomic E-state index is 0. The lowest BCUT2D eigenvalue weighted by atomic mass is 10.2. The van der Waals surface area contributed by atoms with E-state index in [-0.39, 0.29) is 24.0 Å². The highest BCUT2D eigenvalue weighted by molar-refractivity contribution is 14.0. The van der Waals surface area contributed by atoms with E-state index >= 15 is 0 Å². The van der Waals surface area contributed by atoms with Gasteiger partial charge < -0.3 is 19.8 Å². The van der Waals surface area contributed by atoms with Gasteiger partial charge in [0.2, 0.25) is 0 Å². The molecule has 2 aromatic heterocycles. The lowest BCUT2D eigenvalue weighted by molar-refractivity contribution is 0.414. The fourth-order valence-corrected chi connectivity index (χ4v) is 3.39. The molecule has 0 radical (unpaired) electrons. The number of thiazole rings is 1. The summed E-state index contributed by atoms with van der Waals surface area (Å²) in [6.07, 6.45) is 5.45. The maximum absolute atomic E-state index is 5.39. The fourth-order valence-electron chi connectivity index (χ4n) is 2.59. The van der Waals surface area contributed by atoms with Gasteiger partial charge in [0.25, 0.3) is 0 Å². The van der Waals surface area contributed by atoms with Gasteiger partial charge >= 0.3 is 0 Å². The Balaban J connectivity index is 0.00000300. The lowest BCUT2D eigenvalue weighted by Gasteiger charge is -2.11. The van der Waals surface area contributed by atoms with Crippen LogP contribution in [0.3, 0.4) is 0 Å². The van der Waals surface area contributed by atoms with Gasteiger partial charge in [-0.3, -0.25) is 0 Å². The second kappa shape index (κ2) is 12.5. The third-order valence-corrected chi connectivity index (χ3v) is 5.32. The van der Waals surface area contributed by atoms with Crippen molar-refractivity contribution in [2.24, 2.45) is 4.99 Å². The Bertz CT molecular complexity index is 863. The molecule has 0 spiro atoms. The number of hydrogen-bond donors (Lipinski definition) is 2. The summed E-state index contributed by atoms with van der Waals surface area (Å²) >= 11 is 1.73. The Morgan fingerprint density at radius 1 is 1.21 bits per heavy atom. The molecule has 3 rings (SSSR count). The van der Waals surface area contributed by atoms with Gasteiger partial charge in [-0.15, -0.1) is 35.3 Å². The maximum atomic E-state index is 5.39. The summed E-state index contributed by atoms with van der Waals surface area (Å²) in [4.78, 5) is 10.5. The summed E-state index contributed by atoms with van der Waals surface area (Å²) in [6.45, 7) is 4.11. The number of aryl methyl sites for hydroxylation is 1. The molecule has 3 aromatic rings. The van der Waals surface area contributed by atoms with Crippen molar-refractivity contribution in [3.8, 4) is 5.75 Å². The van der Waals surface area contributed by atoms with Crippen LogP contribution in [-0.4, -0.2) is 24.6 Å². The van der Waals surface area contributed by atoms with Gasteiger partial charge in [-0.05, 0) is 36.2 Å². The number of guanidine groups is 1. The number of aliphatic imine (C=N–C) groups is 1. The zero-order chi connectivity index (χ0) is 19.6. The molecule has 29 heavy (non-hydrogen) atoms. The van der Waals surface area contributed by atoms with Crippen LogP contribution in [0.15, 0.2) is 58.3 Å². The molecular formula is C21H27IN4O2S. The molecule has 0 saturated heterocycles. The molecule has 0 atom stereocenters. The average molecular weight is 526 g/mol. The van der Waals surface area contributed by atoms with Crippen LogP contribution in [0, 0.1) is 0 Å². The number of aromatic nitrogens is 1. The van der Waals surface area contributed by atoms with Crippen molar-refractivity contribution < 1.29 is 9.15 Å². The van der Waals surface area contributed by atoms with Crippen molar-refractivity contribution in [3.05, 3.63) is 70.1 Å². The highest BCUT2D eigenvalue weighted by Gasteiger charge is 2.04. The lowest BCUT2D eigenvalue weighted by Crippen LogP contribution is -2.38. The summed E-state index contributed by atoms with van der Waals surface area (Å²) in [5, 5.41) is 7.81. The Morgan fingerprint density at radius 2 is 2.03 bits per heavy atom. The van der Waals surface area contributed by atoms with E-state index in [4.69, 9.17) is 14.1 Å². The van der Waals surface area contributed by atoms with E-state index in [2.05, 4.69) is 22.5 Å². The zero-order valence-electron chi connectivity index (χ0n) is 16.7. The molecule has 0 saturated carbocycles. The smallest absolute Gasteiger partial charge is 0.191 e. The molecule has 0 bridgehead atoms. The first-order valence-electron chi connectivity index (χ1n) is 9.38. The molecule has 156 valence electrons. The number of rotatable bonds is 9. The number of methoxy groups -OCH3 is 1. The van der Waals surface area contributed by atoms with Crippen LogP contribution in [0.2, 0.25) is 0 Å². The van der Waals surface area contributed by atoms with E-state index in [1.807, 2.05) is 42.6 Å². The molecule has 0 unspecified atom stereocenters. The monoisotopic (exact) mass is 526 g/mol. The second-order valence-electron chi connectivity index (χ2n) is 6.20. The predicted octanol–water partition coefficient (Wildman–Crippen LogP) is 4.40. The van der Waals surface area contributed by atoms with Gasteiger partial charge in [0.05, 0.1) is 26.5 Å². The molecular weight excluding hydrogens is 499 g/mol. The van der Waals surface area contributed by atoms with Crippen LogP contribution in [0.1, 0.15) is 28.1 Å². The van der Waals surface area contributed by atoms with E-state index in [1.165, 1.54) is 4.88 Å². The second-order valence-corrected chi connectivity index (χ2v) is 7.40. The molecule has 8 heteroatoms. The van der Waals surface area contributed by atoms with Crippen molar-refractivity contribution in [3.63, 3.8) is 0 Å². The topological polar surface area (TPSA) is 71.7 Å². The number of halogens is 1. The third-order valence-electron chi connectivity index (χ3n) is 4.18. The number of nitrogens with zero attached hydrogens (tertiary/aromatic N) is 2. The van der Waals surface area contributed by atoms with Crippen LogP contribution >= 0.6 is 35.3 Å². The highest BCUT2D eigenvalue weighted by Crippen LogP contribution is 2.13. The van der Waals surface area contributed by atoms with E-state index in [0.29, 0.717) is 13.1 Å². The van der Waals surface area contributed by atoms with E-state index in [0.717, 1.165) is 47.4 Å². The summed E-state index contributed by atoms with van der Waals surface area (Å²) in [6, 6.07) is 11.8. The Kier molecular flexibility index (Phi) is 9.99.